The highest BCUT2D eigenvalue weighted by Gasteiger charge is 2.15. The van der Waals surface area contributed by atoms with Crippen molar-refractivity contribution in [2.45, 2.75) is 13.8 Å². The van der Waals surface area contributed by atoms with E-state index in [1.54, 1.807) is 32.2 Å². The monoisotopic (exact) mass is 417 g/mol. The van der Waals surface area contributed by atoms with Gasteiger partial charge in [-0.3, -0.25) is 14.4 Å². The number of hydrogen-bond acceptors (Lipinski definition) is 3. The molecule has 0 fully saturated rings. The molecule has 0 radical (unpaired) electrons. The number of amides is 3. The maximum absolute atomic E-state index is 12.1. The first-order valence-electron chi connectivity index (χ1n) is 9.24. The molecule has 3 amide bonds. The maximum atomic E-state index is 12.1. The molecule has 2 aromatic carbocycles. The van der Waals surface area contributed by atoms with Gasteiger partial charge in [0.2, 0.25) is 5.91 Å². The summed E-state index contributed by atoms with van der Waals surface area (Å²) in [5.74, 6) is -0.851. The Labute approximate surface area is 175 Å². The highest BCUT2D eigenvalue weighted by molar-refractivity contribution is 6.31. The van der Waals surface area contributed by atoms with Crippen molar-refractivity contribution in [3.05, 3.63) is 58.6 Å². The van der Waals surface area contributed by atoms with Gasteiger partial charge >= 0.3 is 0 Å². The van der Waals surface area contributed by atoms with E-state index in [4.69, 9.17) is 11.6 Å². The van der Waals surface area contributed by atoms with E-state index >= 15 is 0 Å². The summed E-state index contributed by atoms with van der Waals surface area (Å²) in [5.41, 5.74) is 3.19. The van der Waals surface area contributed by atoms with Crippen LogP contribution in [0.15, 0.2) is 42.5 Å². The smallest absolute Gasteiger partial charge is 0.279 e. The predicted molar refractivity (Wildman–Crippen MR) is 114 cm³/mol. The van der Waals surface area contributed by atoms with Crippen molar-refractivity contribution >= 4 is 40.7 Å². The van der Waals surface area contributed by atoms with Crippen molar-refractivity contribution in [1.82, 2.24) is 5.32 Å². The van der Waals surface area contributed by atoms with Gasteiger partial charge in [0.05, 0.1) is 13.6 Å². The first-order valence-corrected chi connectivity index (χ1v) is 9.62. The van der Waals surface area contributed by atoms with Gasteiger partial charge in [0.15, 0.2) is 13.1 Å². The lowest BCUT2D eigenvalue weighted by Crippen LogP contribution is -3.11. The largest absolute Gasteiger partial charge is 0.342 e. The van der Waals surface area contributed by atoms with E-state index in [0.29, 0.717) is 21.3 Å². The summed E-state index contributed by atoms with van der Waals surface area (Å²) in [6.07, 6.45) is 0. The van der Waals surface area contributed by atoms with E-state index in [2.05, 4.69) is 16.0 Å². The minimum atomic E-state index is -0.349. The number of likely N-dealkylation sites (N-methyl/N-ethyl adjacent to an activating group) is 1. The molecule has 0 bridgehead atoms. The molecule has 1 atom stereocenters. The molecular weight excluding hydrogens is 392 g/mol. The number of quaternary nitrogens is 1. The molecule has 7 nitrogen and oxygen atoms in total. The summed E-state index contributed by atoms with van der Waals surface area (Å²) in [5, 5.41) is 8.63. The summed E-state index contributed by atoms with van der Waals surface area (Å²) >= 11 is 6.03. The van der Waals surface area contributed by atoms with Crippen LogP contribution < -0.4 is 20.9 Å². The topological polar surface area (TPSA) is 91.7 Å². The molecule has 0 saturated carbocycles. The molecule has 8 heteroatoms. The second-order valence-electron chi connectivity index (χ2n) is 6.96. The normalized spacial score (nSPS) is 11.4. The third kappa shape index (κ3) is 7.56. The first-order chi connectivity index (χ1) is 13.7. The van der Waals surface area contributed by atoms with E-state index in [-0.39, 0.29) is 37.4 Å². The molecule has 2 aromatic rings. The van der Waals surface area contributed by atoms with Crippen LogP contribution in [0, 0.1) is 13.8 Å². The second kappa shape index (κ2) is 10.6. The Morgan fingerprint density at radius 1 is 0.897 bits per heavy atom. The molecule has 154 valence electrons. The third-order valence-corrected chi connectivity index (χ3v) is 4.66. The first kappa shape index (κ1) is 22.4. The predicted octanol–water partition coefficient (Wildman–Crippen LogP) is 1.16. The lowest BCUT2D eigenvalue weighted by atomic mass is 10.2. The number of nitrogens with one attached hydrogen (secondary N) is 4. The van der Waals surface area contributed by atoms with Crippen LogP contribution in [0.3, 0.4) is 0 Å². The van der Waals surface area contributed by atoms with Crippen molar-refractivity contribution < 1.29 is 19.3 Å². The zero-order chi connectivity index (χ0) is 21.4. The quantitative estimate of drug-likeness (QED) is 0.519. The van der Waals surface area contributed by atoms with Crippen molar-refractivity contribution in [3.8, 4) is 0 Å². The maximum Gasteiger partial charge on any atom is 0.279 e. The average molecular weight is 418 g/mol. The summed E-state index contributed by atoms with van der Waals surface area (Å²) in [6, 6.07) is 12.7. The highest BCUT2D eigenvalue weighted by atomic mass is 35.5. The van der Waals surface area contributed by atoms with Gasteiger partial charge in [-0.05, 0) is 43.7 Å². The number of hydrogen-bond donors (Lipinski definition) is 4. The van der Waals surface area contributed by atoms with Gasteiger partial charge in [0, 0.05) is 16.4 Å². The van der Waals surface area contributed by atoms with E-state index < -0.39 is 0 Å². The number of anilines is 2. The van der Waals surface area contributed by atoms with Crippen LogP contribution in [0.4, 0.5) is 11.4 Å². The van der Waals surface area contributed by atoms with E-state index in [0.717, 1.165) is 11.1 Å². The molecule has 4 N–H and O–H groups in total. The molecule has 29 heavy (non-hydrogen) atoms. The number of carbonyl (C=O) groups excluding carboxylic acids is 3. The van der Waals surface area contributed by atoms with Crippen LogP contribution in [0.5, 0.6) is 0 Å². The second-order valence-corrected chi connectivity index (χ2v) is 7.37. The highest BCUT2D eigenvalue weighted by Crippen LogP contribution is 2.22. The summed E-state index contributed by atoms with van der Waals surface area (Å²) in [4.78, 5) is 36.9. The fourth-order valence-electron chi connectivity index (χ4n) is 2.63. The van der Waals surface area contributed by atoms with Crippen LogP contribution in [-0.2, 0) is 14.4 Å². The number of aryl methyl sites for hydroxylation is 1. The van der Waals surface area contributed by atoms with Crippen LogP contribution >= 0.6 is 11.6 Å². The minimum absolute atomic E-state index is 0.0742. The molecule has 2 rings (SSSR count). The van der Waals surface area contributed by atoms with Crippen molar-refractivity contribution in [2.75, 3.05) is 37.3 Å². The molecule has 0 aliphatic rings. The lowest BCUT2D eigenvalue weighted by Gasteiger charge is -2.14. The van der Waals surface area contributed by atoms with Crippen LogP contribution in [0.25, 0.3) is 0 Å². The number of benzene rings is 2. The van der Waals surface area contributed by atoms with Gasteiger partial charge in [0.1, 0.15) is 0 Å². The third-order valence-electron chi connectivity index (χ3n) is 4.25. The summed E-state index contributed by atoms with van der Waals surface area (Å²) < 4.78 is 0. The van der Waals surface area contributed by atoms with Crippen LogP contribution in [0.2, 0.25) is 5.02 Å². The molecule has 0 aliphatic carbocycles. The Morgan fingerprint density at radius 2 is 1.55 bits per heavy atom. The van der Waals surface area contributed by atoms with Gasteiger partial charge in [-0.2, -0.15) is 0 Å². The Hall–Kier alpha value is -2.90. The Morgan fingerprint density at radius 3 is 2.24 bits per heavy atom. The van der Waals surface area contributed by atoms with Crippen LogP contribution in [0.1, 0.15) is 11.1 Å². The molecular formula is C21H26ClN4O3+. The molecule has 0 aliphatic heterocycles. The SMILES string of the molecule is Cc1ccc(NC(=O)C[NH+](C)CC(=O)NCC(=O)Nc2cccc(Cl)c2C)cc1. The zero-order valence-corrected chi connectivity index (χ0v) is 17.5. The lowest BCUT2D eigenvalue weighted by molar-refractivity contribution is -0.862. The molecule has 0 heterocycles. The zero-order valence-electron chi connectivity index (χ0n) is 16.8. The number of halogens is 1. The van der Waals surface area contributed by atoms with Gasteiger partial charge in [-0.25, -0.2) is 0 Å². The molecule has 1 unspecified atom stereocenters. The molecule has 0 spiro atoms. The summed E-state index contributed by atoms with van der Waals surface area (Å²) in [6.45, 7) is 3.82. The number of rotatable bonds is 8. The molecule has 0 saturated heterocycles. The fraction of sp³-hybridized carbons (Fsp3) is 0.286. The van der Waals surface area contributed by atoms with Gasteiger partial charge in [0.25, 0.3) is 11.8 Å². The minimum Gasteiger partial charge on any atom is -0.342 e. The van der Waals surface area contributed by atoms with Gasteiger partial charge in [-0.1, -0.05) is 35.4 Å². The fourth-order valence-corrected chi connectivity index (χ4v) is 2.81. The van der Waals surface area contributed by atoms with Crippen molar-refractivity contribution in [2.24, 2.45) is 0 Å². The van der Waals surface area contributed by atoms with E-state index in [1.165, 1.54) is 0 Å². The van der Waals surface area contributed by atoms with Crippen LogP contribution in [-0.4, -0.2) is 44.4 Å². The average Bonchev–Trinajstić information content (AvgIpc) is 2.65. The van der Waals surface area contributed by atoms with Crippen molar-refractivity contribution in [1.29, 1.82) is 0 Å². The standard InChI is InChI=1S/C21H25ClN4O3/c1-14-7-9-16(10-8-14)24-21(29)13-26(3)12-20(28)23-11-19(27)25-18-6-4-5-17(22)15(18)2/h4-10H,11-13H2,1-3H3,(H,23,28)(H,24,29)(H,25,27)/p+1. The Kier molecular flexibility index (Phi) is 8.18. The Bertz CT molecular complexity index is 884. The number of carbonyl (C=O) groups is 3. The summed E-state index contributed by atoms with van der Waals surface area (Å²) in [7, 11) is 1.74. The van der Waals surface area contributed by atoms with Gasteiger partial charge in [-0.15, -0.1) is 0 Å². The molecule has 0 aromatic heterocycles. The Balaban J connectivity index is 1.72. The van der Waals surface area contributed by atoms with Gasteiger partial charge < -0.3 is 20.9 Å². The van der Waals surface area contributed by atoms with E-state index in [1.807, 2.05) is 31.2 Å². The van der Waals surface area contributed by atoms with E-state index in [9.17, 15) is 14.4 Å². The van der Waals surface area contributed by atoms with Crippen molar-refractivity contribution in [3.63, 3.8) is 0 Å².